The topological polar surface area (TPSA) is 63.6 Å². The highest BCUT2D eigenvalue weighted by molar-refractivity contribution is 7.80. The Morgan fingerprint density at radius 1 is 1.33 bits per heavy atom. The van der Waals surface area contributed by atoms with Gasteiger partial charge in [0.25, 0.3) is 0 Å². The van der Waals surface area contributed by atoms with Crippen LogP contribution in [0.3, 0.4) is 0 Å². The van der Waals surface area contributed by atoms with Crippen LogP contribution in [0, 0.1) is 5.92 Å². The highest BCUT2D eigenvalue weighted by atomic mass is 32.3. The van der Waals surface area contributed by atoms with Crippen LogP contribution in [0.15, 0.2) is 0 Å². The number of hydrogen-bond acceptors (Lipinski definition) is 3. The van der Waals surface area contributed by atoms with Gasteiger partial charge in [0.15, 0.2) is 0 Å². The molecule has 0 rings (SSSR count). The zero-order chi connectivity index (χ0) is 9.61. The third-order valence-electron chi connectivity index (χ3n) is 1.91. The van der Waals surface area contributed by atoms with E-state index in [1.807, 2.05) is 13.8 Å². The van der Waals surface area contributed by atoms with E-state index in [2.05, 4.69) is 4.18 Å². The SMILES string of the molecule is CCC(CC)CCOS(=O)(=O)O. The second-order valence-electron chi connectivity index (χ2n) is 2.72. The Hall–Kier alpha value is -0.130. The average Bonchev–Trinajstić information content (AvgIpc) is 1.96. The normalized spacial score (nSPS) is 12.3. The van der Waals surface area contributed by atoms with E-state index >= 15 is 0 Å². The molecule has 0 saturated carbocycles. The minimum absolute atomic E-state index is 0.0746. The van der Waals surface area contributed by atoms with Crippen molar-refractivity contribution in [2.24, 2.45) is 5.92 Å². The van der Waals surface area contributed by atoms with E-state index in [4.69, 9.17) is 4.55 Å². The van der Waals surface area contributed by atoms with Crippen molar-refractivity contribution >= 4 is 10.4 Å². The van der Waals surface area contributed by atoms with E-state index in [0.29, 0.717) is 12.3 Å². The summed E-state index contributed by atoms with van der Waals surface area (Å²) in [6.45, 7) is 4.16. The molecule has 0 unspecified atom stereocenters. The van der Waals surface area contributed by atoms with Crippen molar-refractivity contribution in [1.29, 1.82) is 0 Å². The van der Waals surface area contributed by atoms with Crippen LogP contribution in [0.5, 0.6) is 0 Å². The molecular formula is C7H16O4S. The van der Waals surface area contributed by atoms with E-state index in [-0.39, 0.29) is 6.61 Å². The zero-order valence-corrected chi connectivity index (χ0v) is 8.30. The summed E-state index contributed by atoms with van der Waals surface area (Å²) in [6, 6.07) is 0. The Kier molecular flexibility index (Phi) is 5.44. The molecule has 0 bridgehead atoms. The Bertz CT molecular complexity index is 193. The molecule has 0 aliphatic heterocycles. The molecule has 5 heteroatoms. The smallest absolute Gasteiger partial charge is 0.264 e. The molecule has 0 aromatic carbocycles. The molecule has 0 aliphatic carbocycles. The molecule has 12 heavy (non-hydrogen) atoms. The zero-order valence-electron chi connectivity index (χ0n) is 7.49. The summed E-state index contributed by atoms with van der Waals surface area (Å²) >= 11 is 0. The first-order valence-corrected chi connectivity index (χ1v) is 5.48. The predicted octanol–water partition coefficient (Wildman–Crippen LogP) is 1.63. The van der Waals surface area contributed by atoms with Crippen molar-refractivity contribution in [3.63, 3.8) is 0 Å². The molecule has 4 nitrogen and oxygen atoms in total. The van der Waals surface area contributed by atoms with Crippen LogP contribution < -0.4 is 0 Å². The summed E-state index contributed by atoms with van der Waals surface area (Å²) in [5.74, 6) is 0.478. The molecule has 0 fully saturated rings. The highest BCUT2D eigenvalue weighted by Gasteiger charge is 2.07. The van der Waals surface area contributed by atoms with Gasteiger partial charge in [0.1, 0.15) is 0 Å². The Morgan fingerprint density at radius 3 is 2.17 bits per heavy atom. The molecule has 0 aromatic rings. The van der Waals surface area contributed by atoms with Crippen molar-refractivity contribution in [1.82, 2.24) is 0 Å². The van der Waals surface area contributed by atoms with E-state index in [1.165, 1.54) is 0 Å². The van der Waals surface area contributed by atoms with E-state index in [9.17, 15) is 8.42 Å². The van der Waals surface area contributed by atoms with Gasteiger partial charge in [0.05, 0.1) is 6.61 Å². The maximum atomic E-state index is 10.1. The molecule has 1 N–H and O–H groups in total. The van der Waals surface area contributed by atoms with Crippen molar-refractivity contribution in [3.05, 3.63) is 0 Å². The van der Waals surface area contributed by atoms with E-state index in [0.717, 1.165) is 12.8 Å². The second-order valence-corrected chi connectivity index (χ2v) is 3.81. The van der Waals surface area contributed by atoms with Crippen LogP contribution in [0.25, 0.3) is 0 Å². The quantitative estimate of drug-likeness (QED) is 0.656. The Balaban J connectivity index is 3.55. The molecule has 0 amide bonds. The summed E-state index contributed by atoms with van der Waals surface area (Å²) < 4.78 is 32.7. The fraction of sp³-hybridized carbons (Fsp3) is 1.00. The fourth-order valence-corrected chi connectivity index (χ4v) is 1.32. The first-order chi connectivity index (χ1) is 5.49. The molecule has 0 heterocycles. The monoisotopic (exact) mass is 196 g/mol. The minimum Gasteiger partial charge on any atom is -0.264 e. The standard InChI is InChI=1S/C7H16O4S/c1-3-7(4-2)5-6-11-12(8,9)10/h7H,3-6H2,1-2H3,(H,8,9,10). The first-order valence-electron chi connectivity index (χ1n) is 4.11. The molecular weight excluding hydrogens is 180 g/mol. The fourth-order valence-electron chi connectivity index (χ4n) is 1.02. The molecule has 0 radical (unpaired) electrons. The third-order valence-corrected chi connectivity index (χ3v) is 2.38. The highest BCUT2D eigenvalue weighted by Crippen LogP contribution is 2.12. The molecule has 0 saturated heterocycles. The van der Waals surface area contributed by atoms with Gasteiger partial charge in [-0.3, -0.25) is 4.55 Å². The van der Waals surface area contributed by atoms with Gasteiger partial charge in [0.2, 0.25) is 0 Å². The summed E-state index contributed by atoms with van der Waals surface area (Å²) in [5.41, 5.74) is 0. The Labute approximate surface area is 73.9 Å². The number of hydrogen-bond donors (Lipinski definition) is 1. The first kappa shape index (κ1) is 11.9. The van der Waals surface area contributed by atoms with Crippen molar-refractivity contribution < 1.29 is 17.2 Å². The average molecular weight is 196 g/mol. The van der Waals surface area contributed by atoms with Crippen LogP contribution >= 0.6 is 0 Å². The third kappa shape index (κ3) is 6.57. The van der Waals surface area contributed by atoms with Gasteiger partial charge in [-0.25, -0.2) is 4.18 Å². The maximum absolute atomic E-state index is 10.1. The molecule has 74 valence electrons. The van der Waals surface area contributed by atoms with Crippen LogP contribution in [0.4, 0.5) is 0 Å². The lowest BCUT2D eigenvalue weighted by atomic mass is 10.0. The lowest BCUT2D eigenvalue weighted by Crippen LogP contribution is -2.08. The summed E-state index contributed by atoms with van der Waals surface area (Å²) in [4.78, 5) is 0. The van der Waals surface area contributed by atoms with Gasteiger partial charge in [-0.05, 0) is 12.3 Å². The predicted molar refractivity (Wildman–Crippen MR) is 46.2 cm³/mol. The van der Waals surface area contributed by atoms with Crippen LogP contribution in [0.1, 0.15) is 33.1 Å². The van der Waals surface area contributed by atoms with Gasteiger partial charge in [0, 0.05) is 0 Å². The lowest BCUT2D eigenvalue weighted by molar-refractivity contribution is 0.241. The van der Waals surface area contributed by atoms with Gasteiger partial charge in [-0.2, -0.15) is 8.42 Å². The Morgan fingerprint density at radius 2 is 1.83 bits per heavy atom. The van der Waals surface area contributed by atoms with Crippen LogP contribution in [0.2, 0.25) is 0 Å². The van der Waals surface area contributed by atoms with Crippen molar-refractivity contribution in [3.8, 4) is 0 Å². The molecule has 0 spiro atoms. The minimum atomic E-state index is -4.24. The molecule has 0 aliphatic rings. The van der Waals surface area contributed by atoms with Gasteiger partial charge >= 0.3 is 10.4 Å². The molecule has 0 atom stereocenters. The van der Waals surface area contributed by atoms with Crippen LogP contribution in [-0.2, 0) is 14.6 Å². The summed E-state index contributed by atoms with van der Waals surface area (Å²) in [5, 5.41) is 0. The molecule has 0 aromatic heterocycles. The van der Waals surface area contributed by atoms with E-state index in [1.54, 1.807) is 0 Å². The largest absolute Gasteiger partial charge is 0.397 e. The number of rotatable bonds is 6. The van der Waals surface area contributed by atoms with Gasteiger partial charge in [-0.1, -0.05) is 26.7 Å². The summed E-state index contributed by atoms with van der Waals surface area (Å²) in [6.07, 6.45) is 2.68. The van der Waals surface area contributed by atoms with Crippen molar-refractivity contribution in [2.45, 2.75) is 33.1 Å². The maximum Gasteiger partial charge on any atom is 0.397 e. The second kappa shape index (κ2) is 5.50. The van der Waals surface area contributed by atoms with Crippen LogP contribution in [-0.4, -0.2) is 19.6 Å². The lowest BCUT2D eigenvalue weighted by Gasteiger charge is -2.10. The van der Waals surface area contributed by atoms with E-state index < -0.39 is 10.4 Å². The van der Waals surface area contributed by atoms with Crippen molar-refractivity contribution in [2.75, 3.05) is 6.61 Å². The van der Waals surface area contributed by atoms with Gasteiger partial charge < -0.3 is 0 Å². The summed E-state index contributed by atoms with van der Waals surface area (Å²) in [7, 11) is -4.24. The van der Waals surface area contributed by atoms with Gasteiger partial charge in [-0.15, -0.1) is 0 Å².